The fraction of sp³-hybridized carbons (Fsp3) is 0.385. The predicted octanol–water partition coefficient (Wildman–Crippen LogP) is 4.20. The second kappa shape index (κ2) is 12.5. The van der Waals surface area contributed by atoms with Crippen LogP contribution in [-0.2, 0) is 16.1 Å². The molecule has 11 heteroatoms. The summed E-state index contributed by atoms with van der Waals surface area (Å²) in [6, 6.07) is 11.9. The summed E-state index contributed by atoms with van der Waals surface area (Å²) in [5.74, 6) is 0.999. The number of likely N-dealkylation sites (N-methyl/N-ethyl adjacent to an activating group) is 1. The number of aromatic nitrogens is 2. The van der Waals surface area contributed by atoms with Crippen molar-refractivity contribution in [3.05, 3.63) is 64.0 Å². The zero-order valence-corrected chi connectivity index (χ0v) is 21.9. The van der Waals surface area contributed by atoms with Gasteiger partial charge < -0.3 is 30.3 Å². The molecule has 2 aromatic heterocycles. The van der Waals surface area contributed by atoms with Crippen LogP contribution >= 0.6 is 11.3 Å². The third-order valence-electron chi connectivity index (χ3n) is 5.99. The van der Waals surface area contributed by atoms with Crippen LogP contribution in [0.2, 0.25) is 0 Å². The number of rotatable bonds is 11. The lowest BCUT2D eigenvalue weighted by molar-refractivity contribution is 0.0310. The van der Waals surface area contributed by atoms with Crippen LogP contribution in [0.5, 0.6) is 0 Å². The molecule has 0 bridgehead atoms. The summed E-state index contributed by atoms with van der Waals surface area (Å²) in [5.41, 5.74) is 7.28. The van der Waals surface area contributed by atoms with Crippen LogP contribution in [0.4, 0.5) is 22.2 Å². The van der Waals surface area contributed by atoms with Gasteiger partial charge in [-0.15, -0.1) is 11.3 Å². The minimum atomic E-state index is -0.771. The van der Waals surface area contributed by atoms with Crippen LogP contribution in [0.1, 0.15) is 46.7 Å². The number of primary amides is 1. The van der Waals surface area contributed by atoms with Gasteiger partial charge in [0, 0.05) is 43.4 Å². The van der Waals surface area contributed by atoms with Crippen LogP contribution < -0.4 is 20.9 Å². The maximum Gasteiger partial charge on any atom is 0.404 e. The fourth-order valence-corrected chi connectivity index (χ4v) is 4.95. The van der Waals surface area contributed by atoms with Crippen molar-refractivity contribution in [1.29, 1.82) is 0 Å². The Hall–Kier alpha value is -3.70. The van der Waals surface area contributed by atoms with Crippen molar-refractivity contribution in [3.8, 4) is 0 Å². The van der Waals surface area contributed by atoms with Crippen LogP contribution in [0.25, 0.3) is 0 Å². The number of carbonyl (C=O) groups excluding carboxylic acids is 2. The molecule has 1 aliphatic heterocycles. The number of ether oxygens (including phenoxy) is 2. The number of benzene rings is 1. The minimum absolute atomic E-state index is 0.133. The largest absolute Gasteiger partial charge is 0.450 e. The highest BCUT2D eigenvalue weighted by Crippen LogP contribution is 2.30. The summed E-state index contributed by atoms with van der Waals surface area (Å²) in [4.78, 5) is 38.1. The van der Waals surface area contributed by atoms with Gasteiger partial charge in [-0.1, -0.05) is 18.2 Å². The minimum Gasteiger partial charge on any atom is -0.450 e. The molecule has 0 aliphatic carbocycles. The van der Waals surface area contributed by atoms with Gasteiger partial charge in [0.25, 0.3) is 5.91 Å². The van der Waals surface area contributed by atoms with Crippen molar-refractivity contribution in [2.24, 2.45) is 5.73 Å². The number of thiophene rings is 1. The Balaban J connectivity index is 1.47. The Labute approximate surface area is 220 Å². The summed E-state index contributed by atoms with van der Waals surface area (Å²) in [5, 5.41) is 5.11. The smallest absolute Gasteiger partial charge is 0.404 e. The zero-order chi connectivity index (χ0) is 26.2. The van der Waals surface area contributed by atoms with E-state index >= 15 is 0 Å². The van der Waals surface area contributed by atoms with E-state index in [0.717, 1.165) is 16.1 Å². The Morgan fingerprint density at radius 2 is 2.14 bits per heavy atom. The molecule has 0 fully saturated rings. The van der Waals surface area contributed by atoms with Gasteiger partial charge in [0.2, 0.25) is 5.95 Å². The molecule has 37 heavy (non-hydrogen) atoms. The lowest BCUT2D eigenvalue weighted by Crippen LogP contribution is -2.33. The Morgan fingerprint density at radius 1 is 1.27 bits per heavy atom. The SMILES string of the molecule is CCNc1ncc2c(n1)N(C)CCN(c1cccc(CO[C@@H](CCCOC(N)=O)c3cccs3)c1)C2=O. The van der Waals surface area contributed by atoms with Crippen molar-refractivity contribution < 1.29 is 19.1 Å². The van der Waals surface area contributed by atoms with Crippen LogP contribution in [0.3, 0.4) is 0 Å². The number of anilines is 3. The highest BCUT2D eigenvalue weighted by Gasteiger charge is 2.28. The van der Waals surface area contributed by atoms with E-state index in [9.17, 15) is 9.59 Å². The predicted molar refractivity (Wildman–Crippen MR) is 144 cm³/mol. The summed E-state index contributed by atoms with van der Waals surface area (Å²) in [7, 11) is 1.93. The molecule has 2 amide bonds. The standard InChI is InChI=1S/C26H32N6O4S/c1-3-28-26-29-16-20-23(30-26)31(2)11-12-32(24(20)33)19-8-4-7-18(15-19)17-36-21(22-10-6-14-37-22)9-5-13-35-25(27)34/h4,6-8,10,14-16,21H,3,5,9,11-13,17H2,1-2H3,(H2,27,34)(H,28,29,30)/t21-/m0/s1. The average molecular weight is 525 g/mol. The molecule has 0 unspecified atom stereocenters. The second-order valence-electron chi connectivity index (χ2n) is 8.63. The molecule has 3 N–H and O–H groups in total. The van der Waals surface area contributed by atoms with Gasteiger partial charge in [-0.3, -0.25) is 4.79 Å². The van der Waals surface area contributed by atoms with E-state index in [2.05, 4.69) is 15.3 Å². The third kappa shape index (κ3) is 6.75. The molecule has 10 nitrogen and oxygen atoms in total. The van der Waals surface area contributed by atoms with Gasteiger partial charge in [-0.25, -0.2) is 9.78 Å². The van der Waals surface area contributed by atoms with Crippen molar-refractivity contribution in [1.82, 2.24) is 9.97 Å². The summed E-state index contributed by atoms with van der Waals surface area (Å²) in [6.45, 7) is 4.46. The van der Waals surface area contributed by atoms with Gasteiger partial charge in [0.05, 0.1) is 19.3 Å². The molecule has 1 aliphatic rings. The topological polar surface area (TPSA) is 123 Å². The first-order valence-electron chi connectivity index (χ1n) is 12.3. The first kappa shape index (κ1) is 26.4. The molecule has 0 spiro atoms. The van der Waals surface area contributed by atoms with Crippen LogP contribution in [0, 0.1) is 0 Å². The van der Waals surface area contributed by atoms with E-state index in [0.29, 0.717) is 56.4 Å². The molecule has 196 valence electrons. The van der Waals surface area contributed by atoms with E-state index in [1.54, 1.807) is 22.4 Å². The van der Waals surface area contributed by atoms with E-state index in [-0.39, 0.29) is 18.6 Å². The number of nitrogens with two attached hydrogens (primary N) is 1. The number of hydrogen-bond donors (Lipinski definition) is 2. The fourth-order valence-electron chi connectivity index (χ4n) is 4.14. The number of nitrogens with zero attached hydrogens (tertiary/aromatic N) is 4. The second-order valence-corrected chi connectivity index (χ2v) is 9.61. The molecule has 0 radical (unpaired) electrons. The molecule has 1 atom stereocenters. The lowest BCUT2D eigenvalue weighted by atomic mass is 10.1. The van der Waals surface area contributed by atoms with E-state index < -0.39 is 6.09 Å². The maximum atomic E-state index is 13.5. The van der Waals surface area contributed by atoms with Crippen LogP contribution in [-0.4, -0.2) is 55.3 Å². The summed E-state index contributed by atoms with van der Waals surface area (Å²) < 4.78 is 11.1. The van der Waals surface area contributed by atoms with Gasteiger partial charge >= 0.3 is 6.09 Å². The van der Waals surface area contributed by atoms with Crippen molar-refractivity contribution >= 4 is 40.8 Å². The zero-order valence-electron chi connectivity index (χ0n) is 21.1. The third-order valence-corrected chi connectivity index (χ3v) is 6.95. The molecule has 0 saturated carbocycles. The summed E-state index contributed by atoms with van der Waals surface area (Å²) >= 11 is 1.63. The van der Waals surface area contributed by atoms with Gasteiger partial charge in [-0.05, 0) is 48.9 Å². The maximum absolute atomic E-state index is 13.5. The van der Waals surface area contributed by atoms with Crippen molar-refractivity contribution in [2.45, 2.75) is 32.5 Å². The van der Waals surface area contributed by atoms with Gasteiger partial charge in [0.15, 0.2) is 0 Å². The molecular weight excluding hydrogens is 492 g/mol. The highest BCUT2D eigenvalue weighted by atomic mass is 32.1. The number of fused-ring (bicyclic) bond motifs is 1. The molecule has 0 saturated heterocycles. The molecule has 4 rings (SSSR count). The average Bonchev–Trinajstić information content (AvgIpc) is 3.39. The monoisotopic (exact) mass is 524 g/mol. The van der Waals surface area contributed by atoms with Gasteiger partial charge in [0.1, 0.15) is 11.4 Å². The number of hydrogen-bond acceptors (Lipinski definition) is 9. The van der Waals surface area contributed by atoms with Crippen LogP contribution in [0.15, 0.2) is 48.0 Å². The van der Waals surface area contributed by atoms with Gasteiger partial charge in [-0.2, -0.15) is 4.98 Å². The van der Waals surface area contributed by atoms with Crippen molar-refractivity contribution in [3.63, 3.8) is 0 Å². The number of amides is 2. The lowest BCUT2D eigenvalue weighted by Gasteiger charge is -2.22. The summed E-state index contributed by atoms with van der Waals surface area (Å²) in [6.07, 6.45) is 2.02. The van der Waals surface area contributed by atoms with Crippen molar-refractivity contribution in [2.75, 3.05) is 48.4 Å². The normalized spacial score (nSPS) is 14.2. The number of carbonyl (C=O) groups is 2. The quantitative estimate of drug-likeness (QED) is 0.358. The highest BCUT2D eigenvalue weighted by molar-refractivity contribution is 7.10. The number of nitrogens with one attached hydrogen (secondary N) is 1. The Kier molecular flexibility index (Phi) is 8.91. The first-order chi connectivity index (χ1) is 18.0. The van der Waals surface area contributed by atoms with E-state index in [1.165, 1.54) is 0 Å². The molecule has 3 aromatic rings. The van der Waals surface area contributed by atoms with E-state index in [4.69, 9.17) is 15.2 Å². The Bertz CT molecular complexity index is 1210. The van der Waals surface area contributed by atoms with E-state index in [1.807, 2.05) is 60.6 Å². The molecule has 1 aromatic carbocycles. The molecular formula is C26H32N6O4S. The first-order valence-corrected chi connectivity index (χ1v) is 13.1. The Morgan fingerprint density at radius 3 is 2.89 bits per heavy atom. The molecule has 3 heterocycles.